The fourth-order valence-corrected chi connectivity index (χ4v) is 2.69. The maximum absolute atomic E-state index is 12.3. The van der Waals surface area contributed by atoms with Gasteiger partial charge in [0.2, 0.25) is 0 Å². The van der Waals surface area contributed by atoms with Gasteiger partial charge in [0.25, 0.3) is 5.91 Å². The van der Waals surface area contributed by atoms with Gasteiger partial charge in [0.15, 0.2) is 18.2 Å². The van der Waals surface area contributed by atoms with Crippen LogP contribution < -0.4 is 20.4 Å². The highest BCUT2D eigenvalue weighted by Gasteiger charge is 2.11. The molecule has 3 heterocycles. The molecule has 3 aromatic heterocycles. The van der Waals surface area contributed by atoms with Crippen molar-refractivity contribution in [3.05, 3.63) is 89.2 Å². The standard InChI is InChI=1S/C22H17N3O5/c26-20(14-28-17-5-3-16-4-6-21(27)30-19(16)12-17)25-22-18(2-1-9-24-22)29-13-15-7-10-23-11-8-15/h1-12H,13-14H2,(H,24,25,26). The van der Waals surface area contributed by atoms with E-state index < -0.39 is 11.5 Å². The summed E-state index contributed by atoms with van der Waals surface area (Å²) in [5.41, 5.74) is 0.876. The molecule has 0 fully saturated rings. The van der Waals surface area contributed by atoms with E-state index >= 15 is 0 Å². The molecule has 0 atom stereocenters. The Bertz CT molecular complexity index is 1220. The number of benzene rings is 1. The van der Waals surface area contributed by atoms with Crippen molar-refractivity contribution in [1.29, 1.82) is 0 Å². The topological polar surface area (TPSA) is 104 Å². The van der Waals surface area contributed by atoms with E-state index in [9.17, 15) is 9.59 Å². The number of aromatic nitrogens is 2. The second-order valence-corrected chi connectivity index (χ2v) is 6.29. The quantitative estimate of drug-likeness (QED) is 0.473. The van der Waals surface area contributed by atoms with Crippen LogP contribution in [0.1, 0.15) is 5.56 Å². The number of nitrogens with one attached hydrogen (secondary N) is 1. The van der Waals surface area contributed by atoms with E-state index in [0.29, 0.717) is 29.5 Å². The van der Waals surface area contributed by atoms with Crippen LogP contribution in [0.25, 0.3) is 11.0 Å². The van der Waals surface area contributed by atoms with Crippen LogP contribution in [0.2, 0.25) is 0 Å². The summed E-state index contributed by atoms with van der Waals surface area (Å²) in [4.78, 5) is 31.8. The number of anilines is 1. The number of carbonyl (C=O) groups excluding carboxylic acids is 1. The van der Waals surface area contributed by atoms with Crippen molar-refractivity contribution in [3.63, 3.8) is 0 Å². The molecule has 0 aliphatic heterocycles. The van der Waals surface area contributed by atoms with E-state index in [1.165, 1.54) is 6.07 Å². The van der Waals surface area contributed by atoms with E-state index in [4.69, 9.17) is 13.9 Å². The van der Waals surface area contributed by atoms with Gasteiger partial charge in [-0.05, 0) is 48.0 Å². The summed E-state index contributed by atoms with van der Waals surface area (Å²) < 4.78 is 16.4. The molecule has 30 heavy (non-hydrogen) atoms. The third kappa shape index (κ3) is 4.79. The monoisotopic (exact) mass is 403 g/mol. The zero-order valence-electron chi connectivity index (χ0n) is 15.8. The molecule has 8 nitrogen and oxygen atoms in total. The normalized spacial score (nSPS) is 10.5. The molecule has 0 bridgehead atoms. The number of rotatable bonds is 7. The third-order valence-corrected chi connectivity index (χ3v) is 4.14. The first kappa shape index (κ1) is 19.1. The highest BCUT2D eigenvalue weighted by atomic mass is 16.5. The number of hydrogen-bond donors (Lipinski definition) is 1. The molecule has 0 spiro atoms. The Hall–Kier alpha value is -4.20. The summed E-state index contributed by atoms with van der Waals surface area (Å²) in [7, 11) is 0. The van der Waals surface area contributed by atoms with Crippen LogP contribution in [0.4, 0.5) is 5.82 Å². The Morgan fingerprint density at radius 1 is 1.00 bits per heavy atom. The lowest BCUT2D eigenvalue weighted by Crippen LogP contribution is -2.21. The average molecular weight is 403 g/mol. The van der Waals surface area contributed by atoms with Gasteiger partial charge in [-0.25, -0.2) is 9.78 Å². The average Bonchev–Trinajstić information content (AvgIpc) is 2.77. The maximum atomic E-state index is 12.3. The van der Waals surface area contributed by atoms with E-state index in [1.807, 2.05) is 12.1 Å². The minimum atomic E-state index is -0.452. The molecule has 4 aromatic rings. The van der Waals surface area contributed by atoms with E-state index in [-0.39, 0.29) is 6.61 Å². The number of ether oxygens (including phenoxy) is 2. The molecule has 0 aliphatic rings. The van der Waals surface area contributed by atoms with Gasteiger partial charge in [-0.15, -0.1) is 0 Å². The van der Waals surface area contributed by atoms with Crippen molar-refractivity contribution in [1.82, 2.24) is 9.97 Å². The molecule has 0 saturated carbocycles. The van der Waals surface area contributed by atoms with Crippen molar-refractivity contribution in [3.8, 4) is 11.5 Å². The summed E-state index contributed by atoms with van der Waals surface area (Å²) in [6, 6.07) is 15.1. The van der Waals surface area contributed by atoms with Gasteiger partial charge < -0.3 is 19.2 Å². The highest BCUT2D eigenvalue weighted by molar-refractivity contribution is 5.92. The first-order valence-corrected chi connectivity index (χ1v) is 9.11. The third-order valence-electron chi connectivity index (χ3n) is 4.14. The minimum Gasteiger partial charge on any atom is -0.485 e. The largest absolute Gasteiger partial charge is 0.485 e. The number of carbonyl (C=O) groups is 1. The van der Waals surface area contributed by atoms with Crippen molar-refractivity contribution in [2.75, 3.05) is 11.9 Å². The molecule has 0 saturated heterocycles. The molecular formula is C22H17N3O5. The molecular weight excluding hydrogens is 386 g/mol. The first-order valence-electron chi connectivity index (χ1n) is 9.11. The van der Waals surface area contributed by atoms with Gasteiger partial charge in [-0.1, -0.05) is 0 Å². The van der Waals surface area contributed by atoms with Gasteiger partial charge in [-0.3, -0.25) is 9.78 Å². The SMILES string of the molecule is O=C(COc1ccc2ccc(=O)oc2c1)Nc1ncccc1OCc1ccncc1. The Labute approximate surface area is 171 Å². The number of fused-ring (bicyclic) bond motifs is 1. The first-order chi connectivity index (χ1) is 14.7. The fraction of sp³-hybridized carbons (Fsp3) is 0.0909. The molecule has 150 valence electrons. The van der Waals surface area contributed by atoms with Gasteiger partial charge in [-0.2, -0.15) is 0 Å². The van der Waals surface area contributed by atoms with Crippen molar-refractivity contribution < 1.29 is 18.7 Å². The lowest BCUT2D eigenvalue weighted by Gasteiger charge is -2.12. The van der Waals surface area contributed by atoms with Crippen LogP contribution in [0, 0.1) is 0 Å². The Morgan fingerprint density at radius 2 is 1.83 bits per heavy atom. The van der Waals surface area contributed by atoms with Crippen LogP contribution >= 0.6 is 0 Å². The summed E-state index contributed by atoms with van der Waals surface area (Å²) in [6.07, 6.45) is 4.92. The number of amides is 1. The molecule has 0 radical (unpaired) electrons. The molecule has 0 unspecified atom stereocenters. The predicted octanol–water partition coefficient (Wildman–Crippen LogP) is 3.18. The molecule has 4 rings (SSSR count). The molecule has 1 amide bonds. The Balaban J connectivity index is 1.38. The van der Waals surface area contributed by atoms with Gasteiger partial charge in [0.05, 0.1) is 0 Å². The fourth-order valence-electron chi connectivity index (χ4n) is 2.69. The summed E-state index contributed by atoms with van der Waals surface area (Å²) in [5.74, 6) is 0.735. The number of nitrogens with zero attached hydrogens (tertiary/aromatic N) is 2. The van der Waals surface area contributed by atoms with Crippen LogP contribution in [0.5, 0.6) is 11.5 Å². The number of pyridine rings is 2. The maximum Gasteiger partial charge on any atom is 0.336 e. The van der Waals surface area contributed by atoms with E-state index in [0.717, 1.165) is 10.9 Å². The van der Waals surface area contributed by atoms with E-state index in [2.05, 4.69) is 15.3 Å². The van der Waals surface area contributed by atoms with Gasteiger partial charge in [0, 0.05) is 36.1 Å². The molecule has 1 aromatic carbocycles. The predicted molar refractivity (Wildman–Crippen MR) is 109 cm³/mol. The molecule has 1 N–H and O–H groups in total. The zero-order chi connectivity index (χ0) is 20.8. The smallest absolute Gasteiger partial charge is 0.336 e. The zero-order valence-corrected chi connectivity index (χ0v) is 15.8. The van der Waals surface area contributed by atoms with Crippen LogP contribution in [0.15, 0.2) is 82.4 Å². The van der Waals surface area contributed by atoms with Crippen LogP contribution in [-0.2, 0) is 11.4 Å². The van der Waals surface area contributed by atoms with Crippen molar-refractivity contribution >= 4 is 22.7 Å². The summed E-state index contributed by atoms with van der Waals surface area (Å²) in [5, 5.41) is 3.44. The summed E-state index contributed by atoms with van der Waals surface area (Å²) >= 11 is 0. The second-order valence-electron chi connectivity index (χ2n) is 6.29. The van der Waals surface area contributed by atoms with Gasteiger partial charge >= 0.3 is 5.63 Å². The Kier molecular flexibility index (Phi) is 5.66. The van der Waals surface area contributed by atoms with Crippen molar-refractivity contribution in [2.24, 2.45) is 0 Å². The minimum absolute atomic E-state index is 0.247. The molecule has 8 heteroatoms. The van der Waals surface area contributed by atoms with Gasteiger partial charge in [0.1, 0.15) is 17.9 Å². The van der Waals surface area contributed by atoms with Crippen LogP contribution in [0.3, 0.4) is 0 Å². The molecule has 0 aliphatic carbocycles. The summed E-state index contributed by atoms with van der Waals surface area (Å²) in [6.45, 7) is 0.0683. The number of hydrogen-bond acceptors (Lipinski definition) is 7. The lowest BCUT2D eigenvalue weighted by molar-refractivity contribution is -0.118. The van der Waals surface area contributed by atoms with E-state index in [1.54, 1.807) is 55.0 Å². The van der Waals surface area contributed by atoms with Crippen LogP contribution in [-0.4, -0.2) is 22.5 Å². The van der Waals surface area contributed by atoms with Crippen molar-refractivity contribution in [2.45, 2.75) is 6.61 Å². The second kappa shape index (κ2) is 8.87. The Morgan fingerprint density at radius 3 is 2.70 bits per heavy atom. The highest BCUT2D eigenvalue weighted by Crippen LogP contribution is 2.23. The lowest BCUT2D eigenvalue weighted by atomic mass is 10.2.